The predicted octanol–water partition coefficient (Wildman–Crippen LogP) is 3.48. The van der Waals surface area contributed by atoms with E-state index in [2.05, 4.69) is 44.3 Å². The highest BCUT2D eigenvalue weighted by molar-refractivity contribution is 6.07. The lowest BCUT2D eigenvalue weighted by molar-refractivity contribution is 0.102. The van der Waals surface area contributed by atoms with Crippen molar-refractivity contribution in [1.82, 2.24) is 19.9 Å². The van der Waals surface area contributed by atoms with E-state index >= 15 is 0 Å². The van der Waals surface area contributed by atoms with Crippen molar-refractivity contribution < 1.29 is 9.90 Å². The van der Waals surface area contributed by atoms with Gasteiger partial charge in [0.15, 0.2) is 0 Å². The number of nitrogens with zero attached hydrogens (tertiary/aromatic N) is 4. The minimum atomic E-state index is -0.321. The highest BCUT2D eigenvalue weighted by atomic mass is 16.3. The van der Waals surface area contributed by atoms with E-state index in [1.165, 1.54) is 6.20 Å². The second-order valence-corrected chi connectivity index (χ2v) is 7.97. The number of likely N-dealkylation sites (N-methyl/N-ethyl adjacent to an activating group) is 1. The molecule has 0 bridgehead atoms. The van der Waals surface area contributed by atoms with Crippen molar-refractivity contribution >= 4 is 28.3 Å². The van der Waals surface area contributed by atoms with Crippen LogP contribution in [-0.2, 0) is 0 Å². The number of hydrogen-bond donors (Lipinski definition) is 3. The average Bonchev–Trinajstić information content (AvgIpc) is 2.78. The van der Waals surface area contributed by atoms with Gasteiger partial charge in [0, 0.05) is 24.2 Å². The minimum absolute atomic E-state index is 0.188. The quantitative estimate of drug-likeness (QED) is 0.423. The monoisotopic (exact) mass is 436 g/mol. The highest BCUT2D eigenvalue weighted by Crippen LogP contribution is 2.23. The van der Waals surface area contributed by atoms with Gasteiger partial charge in [0.25, 0.3) is 5.91 Å². The van der Waals surface area contributed by atoms with Crippen LogP contribution in [0.3, 0.4) is 0 Å². The zero-order valence-corrected chi connectivity index (χ0v) is 19.0. The van der Waals surface area contributed by atoms with Crippen molar-refractivity contribution in [2.45, 2.75) is 39.7 Å². The van der Waals surface area contributed by atoms with E-state index in [1.807, 2.05) is 31.2 Å². The van der Waals surface area contributed by atoms with Crippen molar-refractivity contribution in [1.29, 1.82) is 0 Å². The Morgan fingerprint density at radius 2 is 2.03 bits per heavy atom. The smallest absolute Gasteiger partial charge is 0.275 e. The first kappa shape index (κ1) is 23.6. The molecule has 0 saturated carbocycles. The molecule has 0 saturated heterocycles. The van der Waals surface area contributed by atoms with Crippen molar-refractivity contribution in [3.8, 4) is 0 Å². The number of aromatic nitrogens is 3. The molecule has 0 fully saturated rings. The number of anilines is 2. The number of rotatable bonds is 11. The molecule has 0 spiro atoms. The van der Waals surface area contributed by atoms with Gasteiger partial charge in [-0.05, 0) is 63.5 Å². The van der Waals surface area contributed by atoms with Gasteiger partial charge in [-0.1, -0.05) is 13.0 Å². The summed E-state index contributed by atoms with van der Waals surface area (Å²) in [6.45, 7) is 8.97. The third kappa shape index (κ3) is 6.45. The van der Waals surface area contributed by atoms with Gasteiger partial charge in [-0.2, -0.15) is 0 Å². The summed E-state index contributed by atoms with van der Waals surface area (Å²) in [6, 6.07) is 8.01. The molecule has 8 nitrogen and oxygen atoms in total. The summed E-state index contributed by atoms with van der Waals surface area (Å²) in [5.74, 6) is 0.317. The number of aliphatic hydroxyl groups is 1. The van der Waals surface area contributed by atoms with Crippen LogP contribution in [0.15, 0.2) is 42.9 Å². The van der Waals surface area contributed by atoms with Gasteiger partial charge >= 0.3 is 0 Å². The Hall–Kier alpha value is -3.10. The molecule has 1 aromatic carbocycles. The molecule has 1 atom stereocenters. The lowest BCUT2D eigenvalue weighted by Crippen LogP contribution is -2.28. The zero-order valence-electron chi connectivity index (χ0n) is 19.0. The molecule has 1 unspecified atom stereocenters. The van der Waals surface area contributed by atoms with E-state index < -0.39 is 0 Å². The Labute approximate surface area is 189 Å². The van der Waals surface area contributed by atoms with Crippen LogP contribution < -0.4 is 10.6 Å². The number of aryl methyl sites for hydroxylation is 1. The molecule has 0 aliphatic heterocycles. The fraction of sp³-hybridized carbons (Fsp3) is 0.417. The van der Waals surface area contributed by atoms with Gasteiger partial charge in [-0.25, -0.2) is 9.97 Å². The van der Waals surface area contributed by atoms with Gasteiger partial charge < -0.3 is 20.6 Å². The van der Waals surface area contributed by atoms with Gasteiger partial charge in [0.1, 0.15) is 11.5 Å². The molecule has 3 N–H and O–H groups in total. The Balaban J connectivity index is 1.56. The highest BCUT2D eigenvalue weighted by Gasteiger charge is 2.13. The summed E-state index contributed by atoms with van der Waals surface area (Å²) in [5.41, 5.74) is 2.69. The second kappa shape index (κ2) is 11.5. The third-order valence-electron chi connectivity index (χ3n) is 5.35. The van der Waals surface area contributed by atoms with Crippen LogP contribution in [0.25, 0.3) is 10.9 Å². The van der Waals surface area contributed by atoms with Gasteiger partial charge in [0.2, 0.25) is 0 Å². The molecule has 2 aromatic heterocycles. The number of fused-ring (bicyclic) bond motifs is 1. The van der Waals surface area contributed by atoms with E-state index in [-0.39, 0.29) is 24.2 Å². The second-order valence-electron chi connectivity index (χ2n) is 7.97. The average molecular weight is 437 g/mol. The Kier molecular flexibility index (Phi) is 8.47. The fourth-order valence-corrected chi connectivity index (χ4v) is 3.66. The number of nitrogens with one attached hydrogen (secondary N) is 2. The number of amides is 1. The first-order chi connectivity index (χ1) is 15.5. The molecular weight excluding hydrogens is 404 g/mol. The predicted molar refractivity (Wildman–Crippen MR) is 128 cm³/mol. The molecule has 2 heterocycles. The SMILES string of the molecule is CCN(CCO)CCCC(C)Nc1cnc(C(=O)Nc2cc(C)cc3cccnc23)cn1. The number of carbonyl (C=O) groups excluding carboxylic acids is 1. The molecule has 0 aliphatic rings. The molecule has 170 valence electrons. The maximum absolute atomic E-state index is 12.7. The van der Waals surface area contributed by atoms with Gasteiger partial charge in [0.05, 0.1) is 30.2 Å². The van der Waals surface area contributed by atoms with E-state index in [0.29, 0.717) is 18.1 Å². The number of benzene rings is 1. The fourth-order valence-electron chi connectivity index (χ4n) is 3.66. The van der Waals surface area contributed by atoms with Crippen molar-refractivity contribution in [2.24, 2.45) is 0 Å². The van der Waals surface area contributed by atoms with E-state index in [4.69, 9.17) is 5.11 Å². The summed E-state index contributed by atoms with van der Waals surface area (Å²) in [5, 5.41) is 16.3. The molecule has 0 aliphatic carbocycles. The molecule has 8 heteroatoms. The van der Waals surface area contributed by atoms with Crippen molar-refractivity contribution in [3.05, 3.63) is 54.1 Å². The molecule has 0 radical (unpaired) electrons. The van der Waals surface area contributed by atoms with E-state index in [1.54, 1.807) is 12.4 Å². The zero-order chi connectivity index (χ0) is 22.9. The van der Waals surface area contributed by atoms with Crippen LogP contribution in [0.5, 0.6) is 0 Å². The number of aliphatic hydroxyl groups excluding tert-OH is 1. The summed E-state index contributed by atoms with van der Waals surface area (Å²) in [4.78, 5) is 28.0. The molecule has 1 amide bonds. The maximum Gasteiger partial charge on any atom is 0.275 e. The Morgan fingerprint density at radius 1 is 1.19 bits per heavy atom. The summed E-state index contributed by atoms with van der Waals surface area (Å²) in [6.07, 6.45) is 6.77. The van der Waals surface area contributed by atoms with Crippen LogP contribution >= 0.6 is 0 Å². The van der Waals surface area contributed by atoms with Crippen LogP contribution in [0, 0.1) is 6.92 Å². The topological polar surface area (TPSA) is 103 Å². The molecule has 3 aromatic rings. The van der Waals surface area contributed by atoms with Crippen LogP contribution in [0.4, 0.5) is 11.5 Å². The van der Waals surface area contributed by atoms with E-state index in [9.17, 15) is 4.79 Å². The summed E-state index contributed by atoms with van der Waals surface area (Å²) < 4.78 is 0. The molecule has 32 heavy (non-hydrogen) atoms. The van der Waals surface area contributed by atoms with Gasteiger partial charge in [-0.15, -0.1) is 0 Å². The Bertz CT molecular complexity index is 1020. The van der Waals surface area contributed by atoms with Crippen LogP contribution in [0.1, 0.15) is 42.7 Å². The molecule has 3 rings (SSSR count). The lowest BCUT2D eigenvalue weighted by Gasteiger charge is -2.20. The first-order valence-electron chi connectivity index (χ1n) is 11.1. The summed E-state index contributed by atoms with van der Waals surface area (Å²) in [7, 11) is 0. The summed E-state index contributed by atoms with van der Waals surface area (Å²) >= 11 is 0. The minimum Gasteiger partial charge on any atom is -0.395 e. The Morgan fingerprint density at radius 3 is 2.75 bits per heavy atom. The number of pyridine rings is 1. The maximum atomic E-state index is 12.7. The largest absolute Gasteiger partial charge is 0.395 e. The molecular formula is C24H32N6O2. The number of hydrogen-bond acceptors (Lipinski definition) is 7. The van der Waals surface area contributed by atoms with Gasteiger partial charge in [-0.3, -0.25) is 9.78 Å². The third-order valence-corrected chi connectivity index (χ3v) is 5.35. The van der Waals surface area contributed by atoms with Crippen LogP contribution in [-0.4, -0.2) is 63.1 Å². The van der Waals surface area contributed by atoms with Crippen LogP contribution in [0.2, 0.25) is 0 Å². The van der Waals surface area contributed by atoms with E-state index in [0.717, 1.165) is 42.4 Å². The standard InChI is InChI=1S/C24H32N6O2/c1-4-30(11-12-31)10-6-7-18(3)28-22-16-26-21(15-27-22)24(32)29-20-14-17(2)13-19-8-5-9-25-23(19)20/h5,8-9,13-16,18,31H,4,6-7,10-12H2,1-3H3,(H,27,28)(H,29,32). The van der Waals surface area contributed by atoms with Crippen molar-refractivity contribution in [3.63, 3.8) is 0 Å². The number of carbonyl (C=O) groups is 1. The normalized spacial score (nSPS) is 12.2. The van der Waals surface area contributed by atoms with Crippen molar-refractivity contribution in [2.75, 3.05) is 36.9 Å². The lowest BCUT2D eigenvalue weighted by atomic mass is 10.1. The first-order valence-corrected chi connectivity index (χ1v) is 11.1.